The van der Waals surface area contributed by atoms with E-state index in [2.05, 4.69) is 38.3 Å². The normalized spacial score (nSPS) is 14.8. The summed E-state index contributed by atoms with van der Waals surface area (Å²) in [5.74, 6) is 1.58. The first-order valence-corrected chi connectivity index (χ1v) is 12.1. The van der Waals surface area contributed by atoms with E-state index in [1.165, 1.54) is 43.0 Å². The summed E-state index contributed by atoms with van der Waals surface area (Å²) in [6.45, 7) is 5.15. The molecule has 168 valence electrons. The minimum atomic E-state index is -0.271. The van der Waals surface area contributed by atoms with E-state index in [1.54, 1.807) is 6.26 Å². The second-order valence-electron chi connectivity index (χ2n) is 8.18. The Labute approximate surface area is 193 Å². The second-order valence-corrected chi connectivity index (χ2v) is 9.49. The van der Waals surface area contributed by atoms with Crippen LogP contribution in [0.5, 0.6) is 0 Å². The van der Waals surface area contributed by atoms with Crippen LogP contribution in [0.3, 0.4) is 0 Å². The van der Waals surface area contributed by atoms with Crippen molar-refractivity contribution >= 4 is 17.7 Å². The first kappa shape index (κ1) is 22.4. The van der Waals surface area contributed by atoms with Gasteiger partial charge in [-0.2, -0.15) is 0 Å². The first-order valence-electron chi connectivity index (χ1n) is 11.3. The highest BCUT2D eigenvalue weighted by Gasteiger charge is 2.22. The number of allylic oxidation sites excluding steroid dienone is 1. The molecule has 0 spiro atoms. The fourth-order valence-corrected chi connectivity index (χ4v) is 4.81. The lowest BCUT2D eigenvalue weighted by Gasteiger charge is -2.15. The number of carbonyl (C=O) groups excluding carboxylic acids is 1. The molecule has 0 saturated carbocycles. The van der Waals surface area contributed by atoms with Crippen LogP contribution in [-0.4, -0.2) is 32.5 Å². The molecule has 0 aliphatic heterocycles. The number of hydrogen-bond acceptors (Lipinski definition) is 5. The Kier molecular flexibility index (Phi) is 7.47. The average molecular weight is 451 g/mol. The summed E-state index contributed by atoms with van der Waals surface area (Å²) < 4.78 is 7.55. The van der Waals surface area contributed by atoms with Gasteiger partial charge in [-0.05, 0) is 57.6 Å². The van der Waals surface area contributed by atoms with E-state index in [0.29, 0.717) is 13.1 Å². The summed E-state index contributed by atoms with van der Waals surface area (Å²) in [5, 5.41) is 12.4. The third-order valence-corrected chi connectivity index (χ3v) is 6.86. The third kappa shape index (κ3) is 5.51. The van der Waals surface area contributed by atoms with Gasteiger partial charge in [-0.1, -0.05) is 53.7 Å². The van der Waals surface area contributed by atoms with Crippen LogP contribution in [0.15, 0.2) is 63.9 Å². The zero-order valence-corrected chi connectivity index (χ0v) is 19.5. The molecule has 32 heavy (non-hydrogen) atoms. The number of benzene rings is 1. The van der Waals surface area contributed by atoms with Crippen molar-refractivity contribution in [3.05, 3.63) is 65.6 Å². The van der Waals surface area contributed by atoms with E-state index in [0.717, 1.165) is 34.3 Å². The SMILES string of the molecule is Cc1occc1-c1nnc(SC(C)C(=O)NCCC2=CCCCC2)n1Cc1ccccc1. The highest BCUT2D eigenvalue weighted by molar-refractivity contribution is 8.00. The largest absolute Gasteiger partial charge is 0.469 e. The molecule has 7 heteroatoms. The van der Waals surface area contributed by atoms with Crippen molar-refractivity contribution in [1.82, 2.24) is 20.1 Å². The molecule has 0 bridgehead atoms. The van der Waals surface area contributed by atoms with E-state index in [1.807, 2.05) is 38.1 Å². The number of rotatable bonds is 9. The molecule has 0 saturated heterocycles. The van der Waals surface area contributed by atoms with Gasteiger partial charge >= 0.3 is 0 Å². The number of nitrogens with one attached hydrogen (secondary N) is 1. The fraction of sp³-hybridized carbons (Fsp3) is 0.400. The van der Waals surface area contributed by atoms with Gasteiger partial charge in [0.25, 0.3) is 0 Å². The molecular formula is C25H30N4O2S. The molecule has 4 rings (SSSR count). The molecule has 2 heterocycles. The molecule has 1 aliphatic rings. The minimum Gasteiger partial charge on any atom is -0.469 e. The van der Waals surface area contributed by atoms with Crippen molar-refractivity contribution in [2.45, 2.75) is 62.9 Å². The third-order valence-electron chi connectivity index (χ3n) is 5.78. The molecule has 6 nitrogen and oxygen atoms in total. The number of furan rings is 1. The van der Waals surface area contributed by atoms with E-state index >= 15 is 0 Å². The molecule has 1 atom stereocenters. The molecule has 3 aromatic rings. The van der Waals surface area contributed by atoms with Gasteiger partial charge in [0.1, 0.15) is 5.76 Å². The van der Waals surface area contributed by atoms with Gasteiger partial charge in [0, 0.05) is 6.54 Å². The molecule has 1 unspecified atom stereocenters. The zero-order chi connectivity index (χ0) is 22.3. The number of thioether (sulfide) groups is 1. The summed E-state index contributed by atoms with van der Waals surface area (Å²) >= 11 is 1.44. The Morgan fingerprint density at radius 1 is 1.22 bits per heavy atom. The van der Waals surface area contributed by atoms with Crippen molar-refractivity contribution < 1.29 is 9.21 Å². The Bertz CT molecular complexity index is 1070. The van der Waals surface area contributed by atoms with Crippen LogP contribution in [0.4, 0.5) is 0 Å². The molecule has 0 fully saturated rings. The van der Waals surface area contributed by atoms with Crippen LogP contribution in [0.1, 0.15) is 50.4 Å². The van der Waals surface area contributed by atoms with Gasteiger partial charge in [-0.15, -0.1) is 10.2 Å². The number of aryl methyl sites for hydroxylation is 1. The van der Waals surface area contributed by atoms with Crippen LogP contribution in [0.2, 0.25) is 0 Å². The van der Waals surface area contributed by atoms with Crippen molar-refractivity contribution in [2.24, 2.45) is 0 Å². The van der Waals surface area contributed by atoms with Crippen molar-refractivity contribution in [3.63, 3.8) is 0 Å². The molecular weight excluding hydrogens is 420 g/mol. The van der Waals surface area contributed by atoms with Crippen LogP contribution in [-0.2, 0) is 11.3 Å². The Hall–Kier alpha value is -2.80. The molecule has 1 amide bonds. The lowest BCUT2D eigenvalue weighted by Crippen LogP contribution is -2.32. The lowest BCUT2D eigenvalue weighted by molar-refractivity contribution is -0.120. The molecule has 2 aromatic heterocycles. The molecule has 1 N–H and O–H groups in total. The molecule has 1 aliphatic carbocycles. The van der Waals surface area contributed by atoms with E-state index < -0.39 is 0 Å². The van der Waals surface area contributed by atoms with Gasteiger partial charge in [-0.3, -0.25) is 9.36 Å². The number of hydrogen-bond donors (Lipinski definition) is 1. The maximum atomic E-state index is 12.7. The minimum absolute atomic E-state index is 0.0294. The van der Waals surface area contributed by atoms with E-state index in [4.69, 9.17) is 4.42 Å². The first-order chi connectivity index (χ1) is 15.6. The topological polar surface area (TPSA) is 72.9 Å². The van der Waals surface area contributed by atoms with Gasteiger partial charge in [-0.25, -0.2) is 0 Å². The second kappa shape index (κ2) is 10.7. The fourth-order valence-electron chi connectivity index (χ4n) is 3.93. The highest BCUT2D eigenvalue weighted by atomic mass is 32.2. The average Bonchev–Trinajstić information content (AvgIpc) is 3.40. The van der Waals surface area contributed by atoms with Gasteiger partial charge in [0.05, 0.1) is 23.6 Å². The van der Waals surface area contributed by atoms with Crippen molar-refractivity contribution in [1.29, 1.82) is 0 Å². The number of aromatic nitrogens is 3. The Morgan fingerprint density at radius 3 is 2.78 bits per heavy atom. The van der Waals surface area contributed by atoms with Gasteiger partial charge in [0.15, 0.2) is 11.0 Å². The smallest absolute Gasteiger partial charge is 0.233 e. The molecule has 1 aromatic carbocycles. The van der Waals surface area contributed by atoms with Gasteiger partial charge in [0.2, 0.25) is 5.91 Å². The van der Waals surface area contributed by atoms with Gasteiger partial charge < -0.3 is 9.73 Å². The summed E-state index contributed by atoms with van der Waals surface area (Å²) in [7, 11) is 0. The summed E-state index contributed by atoms with van der Waals surface area (Å²) in [5.41, 5.74) is 3.53. The summed E-state index contributed by atoms with van der Waals surface area (Å²) in [6, 6.07) is 12.1. The maximum Gasteiger partial charge on any atom is 0.233 e. The van der Waals surface area contributed by atoms with Crippen molar-refractivity contribution in [2.75, 3.05) is 6.54 Å². The number of carbonyl (C=O) groups is 1. The van der Waals surface area contributed by atoms with Crippen LogP contribution in [0.25, 0.3) is 11.4 Å². The predicted octanol–water partition coefficient (Wildman–Crippen LogP) is 5.38. The molecule has 0 radical (unpaired) electrons. The van der Waals surface area contributed by atoms with Crippen LogP contribution >= 0.6 is 11.8 Å². The summed E-state index contributed by atoms with van der Waals surface area (Å²) in [6.07, 6.45) is 9.83. The monoisotopic (exact) mass is 450 g/mol. The maximum absolute atomic E-state index is 12.7. The zero-order valence-electron chi connectivity index (χ0n) is 18.7. The quantitative estimate of drug-likeness (QED) is 0.350. The lowest BCUT2D eigenvalue weighted by atomic mass is 9.97. The standard InChI is InChI=1S/C25H30N4O2S/c1-18-22(14-16-31-18)23-27-28-25(29(23)17-21-11-7-4-8-12-21)32-19(2)24(30)26-15-13-20-9-5-3-6-10-20/h4,7-9,11-12,14,16,19H,3,5-6,10,13,15,17H2,1-2H3,(H,26,30). The highest BCUT2D eigenvalue weighted by Crippen LogP contribution is 2.30. The van der Waals surface area contributed by atoms with Crippen molar-refractivity contribution in [3.8, 4) is 11.4 Å². The van der Waals surface area contributed by atoms with E-state index in [9.17, 15) is 4.79 Å². The number of nitrogens with zero attached hydrogens (tertiary/aromatic N) is 3. The van der Waals surface area contributed by atoms with Crippen LogP contribution < -0.4 is 5.32 Å². The van der Waals surface area contributed by atoms with E-state index in [-0.39, 0.29) is 11.2 Å². The van der Waals surface area contributed by atoms with Crippen LogP contribution in [0, 0.1) is 6.92 Å². The predicted molar refractivity (Wildman–Crippen MR) is 128 cm³/mol. The number of amides is 1. The Balaban J connectivity index is 1.46. The Morgan fingerprint density at radius 2 is 2.06 bits per heavy atom. The summed E-state index contributed by atoms with van der Waals surface area (Å²) in [4.78, 5) is 12.7.